The van der Waals surface area contributed by atoms with Gasteiger partial charge >= 0.3 is 0 Å². The molecule has 106 valence electrons. The minimum atomic E-state index is -0.311. The van der Waals surface area contributed by atoms with E-state index in [1.165, 1.54) is 10.7 Å². The van der Waals surface area contributed by atoms with Crippen molar-refractivity contribution in [1.29, 1.82) is 0 Å². The monoisotopic (exact) mass is 285 g/mol. The fourth-order valence-corrected chi connectivity index (χ4v) is 1.79. The molecule has 7 nitrogen and oxygen atoms in total. The Kier molecular flexibility index (Phi) is 3.19. The van der Waals surface area contributed by atoms with Crippen molar-refractivity contribution < 1.29 is 4.39 Å². The standard InChI is InChI=1S/C13H12FN7/c1-8-9(14)4-2-5-10(8)17-12-18-11(15)19-13(20-12)21-7-3-6-16-21/h2-7H,1H3,(H3,15,17,18,19,20). The van der Waals surface area contributed by atoms with Crippen molar-refractivity contribution >= 4 is 17.6 Å². The van der Waals surface area contributed by atoms with E-state index in [0.717, 1.165) is 0 Å². The molecule has 0 saturated heterocycles. The SMILES string of the molecule is Cc1c(F)cccc1Nc1nc(N)nc(-n2cccn2)n1. The molecule has 3 aromatic rings. The van der Waals surface area contributed by atoms with E-state index in [4.69, 9.17) is 5.73 Å². The zero-order valence-electron chi connectivity index (χ0n) is 11.2. The summed E-state index contributed by atoms with van der Waals surface area (Å²) >= 11 is 0. The van der Waals surface area contributed by atoms with Gasteiger partial charge < -0.3 is 11.1 Å². The molecule has 0 aliphatic heterocycles. The molecule has 8 heteroatoms. The molecule has 2 aromatic heterocycles. The van der Waals surface area contributed by atoms with E-state index in [1.807, 2.05) is 0 Å². The maximum absolute atomic E-state index is 13.5. The molecule has 2 heterocycles. The van der Waals surface area contributed by atoms with E-state index in [9.17, 15) is 4.39 Å². The number of halogens is 1. The van der Waals surface area contributed by atoms with E-state index >= 15 is 0 Å². The van der Waals surface area contributed by atoms with Crippen LogP contribution in [0.25, 0.3) is 5.95 Å². The predicted molar refractivity (Wildman–Crippen MR) is 75.8 cm³/mol. The molecule has 0 fully saturated rings. The number of hydrogen-bond acceptors (Lipinski definition) is 6. The molecule has 0 spiro atoms. The lowest BCUT2D eigenvalue weighted by molar-refractivity contribution is 0.619. The molecule has 3 rings (SSSR count). The second-order valence-electron chi connectivity index (χ2n) is 4.31. The van der Waals surface area contributed by atoms with E-state index in [1.54, 1.807) is 37.5 Å². The highest BCUT2D eigenvalue weighted by Gasteiger charge is 2.09. The predicted octanol–water partition coefficient (Wildman–Crippen LogP) is 1.83. The lowest BCUT2D eigenvalue weighted by Gasteiger charge is -2.09. The molecular formula is C13H12FN7. The average molecular weight is 285 g/mol. The maximum Gasteiger partial charge on any atom is 0.257 e. The Morgan fingerprint density at radius 1 is 1.19 bits per heavy atom. The van der Waals surface area contributed by atoms with Crippen LogP contribution in [0, 0.1) is 12.7 Å². The van der Waals surface area contributed by atoms with Crippen LogP contribution >= 0.6 is 0 Å². The third-order valence-electron chi connectivity index (χ3n) is 2.86. The Bertz CT molecular complexity index is 770. The van der Waals surface area contributed by atoms with Crippen molar-refractivity contribution in [2.45, 2.75) is 6.92 Å². The number of rotatable bonds is 3. The molecule has 0 amide bonds. The van der Waals surface area contributed by atoms with E-state index in [-0.39, 0.29) is 23.7 Å². The highest BCUT2D eigenvalue weighted by molar-refractivity contribution is 5.59. The molecule has 0 radical (unpaired) electrons. The smallest absolute Gasteiger partial charge is 0.257 e. The maximum atomic E-state index is 13.5. The van der Waals surface area contributed by atoms with Gasteiger partial charge in [-0.25, -0.2) is 9.07 Å². The summed E-state index contributed by atoms with van der Waals surface area (Å²) in [4.78, 5) is 12.2. The lowest BCUT2D eigenvalue weighted by Crippen LogP contribution is -2.10. The first-order valence-electron chi connectivity index (χ1n) is 6.17. The number of nitrogens with zero attached hydrogens (tertiary/aromatic N) is 5. The molecule has 21 heavy (non-hydrogen) atoms. The summed E-state index contributed by atoms with van der Waals surface area (Å²) in [5, 5.41) is 6.96. The third-order valence-corrected chi connectivity index (χ3v) is 2.86. The largest absolute Gasteiger partial charge is 0.368 e. The third kappa shape index (κ3) is 2.64. The van der Waals surface area contributed by atoms with Gasteiger partial charge in [0.1, 0.15) is 5.82 Å². The molecule has 0 saturated carbocycles. The summed E-state index contributed by atoms with van der Waals surface area (Å²) in [5.41, 5.74) is 6.70. The van der Waals surface area contributed by atoms with E-state index < -0.39 is 0 Å². The number of benzene rings is 1. The minimum Gasteiger partial charge on any atom is -0.368 e. The highest BCUT2D eigenvalue weighted by Crippen LogP contribution is 2.20. The average Bonchev–Trinajstić information content (AvgIpc) is 2.97. The van der Waals surface area contributed by atoms with Crippen LogP contribution < -0.4 is 11.1 Å². The molecule has 0 unspecified atom stereocenters. The molecular weight excluding hydrogens is 273 g/mol. The number of hydrogen-bond donors (Lipinski definition) is 2. The number of nitrogens with one attached hydrogen (secondary N) is 1. The first-order chi connectivity index (χ1) is 10.1. The zero-order chi connectivity index (χ0) is 14.8. The van der Waals surface area contributed by atoms with Crippen molar-refractivity contribution in [2.24, 2.45) is 0 Å². The Hall–Kier alpha value is -3.03. The van der Waals surface area contributed by atoms with E-state index in [2.05, 4.69) is 25.4 Å². The first kappa shape index (κ1) is 13.0. The van der Waals surface area contributed by atoms with Crippen LogP contribution in [-0.2, 0) is 0 Å². The van der Waals surface area contributed by atoms with Gasteiger partial charge in [0, 0.05) is 23.6 Å². The normalized spacial score (nSPS) is 10.6. The van der Waals surface area contributed by atoms with Crippen molar-refractivity contribution in [3.63, 3.8) is 0 Å². The van der Waals surface area contributed by atoms with Crippen molar-refractivity contribution in [1.82, 2.24) is 24.7 Å². The minimum absolute atomic E-state index is 0.0482. The molecule has 1 aromatic carbocycles. The van der Waals surface area contributed by atoms with Gasteiger partial charge in [0.2, 0.25) is 11.9 Å². The van der Waals surface area contributed by atoms with Gasteiger partial charge in [0.05, 0.1) is 0 Å². The molecule has 0 aliphatic carbocycles. The van der Waals surface area contributed by atoms with Gasteiger partial charge in [0.25, 0.3) is 5.95 Å². The Morgan fingerprint density at radius 3 is 2.81 bits per heavy atom. The number of aromatic nitrogens is 5. The van der Waals surface area contributed by atoms with Gasteiger partial charge in [-0.05, 0) is 25.1 Å². The molecule has 3 N–H and O–H groups in total. The van der Waals surface area contributed by atoms with Gasteiger partial charge in [-0.2, -0.15) is 20.1 Å². The molecule has 0 atom stereocenters. The number of nitrogen functional groups attached to an aromatic ring is 1. The summed E-state index contributed by atoms with van der Waals surface area (Å²) in [5.74, 6) is 0.243. The van der Waals surface area contributed by atoms with E-state index in [0.29, 0.717) is 11.3 Å². The topological polar surface area (TPSA) is 94.5 Å². The summed E-state index contributed by atoms with van der Waals surface area (Å²) in [6.45, 7) is 1.66. The van der Waals surface area contributed by atoms with Crippen LogP contribution in [0.5, 0.6) is 0 Å². The summed E-state index contributed by atoms with van der Waals surface area (Å²) in [6, 6.07) is 6.46. The highest BCUT2D eigenvalue weighted by atomic mass is 19.1. The summed E-state index contributed by atoms with van der Waals surface area (Å²) < 4.78 is 15.0. The van der Waals surface area contributed by atoms with Crippen molar-refractivity contribution in [3.8, 4) is 5.95 Å². The van der Waals surface area contributed by atoms with Gasteiger partial charge in [-0.1, -0.05) is 6.07 Å². The van der Waals surface area contributed by atoms with Crippen molar-refractivity contribution in [2.75, 3.05) is 11.1 Å². The van der Waals surface area contributed by atoms with Crippen LogP contribution in [0.2, 0.25) is 0 Å². The van der Waals surface area contributed by atoms with Crippen LogP contribution in [0.15, 0.2) is 36.7 Å². The fourth-order valence-electron chi connectivity index (χ4n) is 1.79. The second-order valence-corrected chi connectivity index (χ2v) is 4.31. The second kappa shape index (κ2) is 5.16. The van der Waals surface area contributed by atoms with Crippen LogP contribution in [0.3, 0.4) is 0 Å². The molecule has 0 bridgehead atoms. The molecule has 0 aliphatic rings. The summed E-state index contributed by atoms with van der Waals surface area (Å²) in [7, 11) is 0. The lowest BCUT2D eigenvalue weighted by atomic mass is 10.2. The van der Waals surface area contributed by atoms with Gasteiger partial charge in [-0.3, -0.25) is 0 Å². The van der Waals surface area contributed by atoms with Crippen LogP contribution in [0.1, 0.15) is 5.56 Å². The van der Waals surface area contributed by atoms with Crippen LogP contribution in [-0.4, -0.2) is 24.7 Å². The zero-order valence-corrected chi connectivity index (χ0v) is 11.2. The first-order valence-corrected chi connectivity index (χ1v) is 6.17. The number of nitrogens with two attached hydrogens (primary N) is 1. The van der Waals surface area contributed by atoms with Crippen LogP contribution in [0.4, 0.5) is 22.0 Å². The summed E-state index contributed by atoms with van der Waals surface area (Å²) in [6.07, 6.45) is 3.29. The Morgan fingerprint density at radius 2 is 2.05 bits per heavy atom. The number of anilines is 3. The van der Waals surface area contributed by atoms with Crippen molar-refractivity contribution in [3.05, 3.63) is 48.0 Å². The Labute approximate surface area is 119 Å². The fraction of sp³-hybridized carbons (Fsp3) is 0.0769. The Balaban J connectivity index is 1.98. The van der Waals surface area contributed by atoms with Gasteiger partial charge in [0.15, 0.2) is 0 Å². The quantitative estimate of drug-likeness (QED) is 0.762. The van der Waals surface area contributed by atoms with Gasteiger partial charge in [-0.15, -0.1) is 0 Å².